The number of nitrogens with zero attached hydrogens (tertiary/aromatic N) is 2. The van der Waals surface area contributed by atoms with Gasteiger partial charge in [0.05, 0.1) is 17.4 Å². The maximum Gasteiger partial charge on any atom is 0.416 e. The number of rotatable bonds is 3. The van der Waals surface area contributed by atoms with Gasteiger partial charge in [0.1, 0.15) is 6.26 Å². The minimum atomic E-state index is -4.35. The van der Waals surface area contributed by atoms with Crippen molar-refractivity contribution in [3.05, 3.63) is 41.8 Å². The molecule has 1 N–H and O–H groups in total. The number of halogens is 3. The Bertz CT molecular complexity index is 637. The van der Waals surface area contributed by atoms with Crippen LogP contribution in [0.15, 0.2) is 34.9 Å². The first-order valence-electron chi connectivity index (χ1n) is 6.94. The molecule has 1 aromatic heterocycles. The fourth-order valence-electron chi connectivity index (χ4n) is 2.50. The van der Waals surface area contributed by atoms with Crippen molar-refractivity contribution in [3.8, 4) is 11.5 Å². The second kappa shape index (κ2) is 5.73. The van der Waals surface area contributed by atoms with Crippen LogP contribution in [0.2, 0.25) is 0 Å². The molecule has 1 fully saturated rings. The second-order valence-electron chi connectivity index (χ2n) is 5.40. The smallest absolute Gasteiger partial charge is 0.416 e. The van der Waals surface area contributed by atoms with E-state index in [0.717, 1.165) is 25.1 Å². The molecule has 1 aromatic carbocycles. The van der Waals surface area contributed by atoms with Crippen LogP contribution in [-0.2, 0) is 12.7 Å². The highest BCUT2D eigenvalue weighted by atomic mass is 19.4. The molecule has 2 heterocycles. The summed E-state index contributed by atoms with van der Waals surface area (Å²) in [6, 6.07) is 4.71. The molecule has 7 heteroatoms. The molecule has 22 heavy (non-hydrogen) atoms. The van der Waals surface area contributed by atoms with Gasteiger partial charge in [0.15, 0.2) is 0 Å². The Hall–Kier alpha value is -1.86. The first kappa shape index (κ1) is 15.1. The Balaban J connectivity index is 1.70. The maximum atomic E-state index is 12.5. The van der Waals surface area contributed by atoms with E-state index in [1.165, 1.54) is 18.4 Å². The van der Waals surface area contributed by atoms with Crippen molar-refractivity contribution >= 4 is 0 Å². The van der Waals surface area contributed by atoms with Crippen molar-refractivity contribution < 1.29 is 22.7 Å². The number of aliphatic hydroxyl groups is 1. The molecule has 0 spiro atoms. The molecule has 0 amide bonds. The molecule has 1 aliphatic rings. The molecule has 1 atom stereocenters. The summed E-state index contributed by atoms with van der Waals surface area (Å²) in [5.41, 5.74) is 0.499. The summed E-state index contributed by atoms with van der Waals surface area (Å²) in [7, 11) is 0. The number of alkyl halides is 3. The van der Waals surface area contributed by atoms with Crippen LogP contribution in [0.3, 0.4) is 0 Å². The van der Waals surface area contributed by atoms with E-state index in [4.69, 9.17) is 4.42 Å². The highest BCUT2D eigenvalue weighted by Crippen LogP contribution is 2.30. The molecule has 1 aliphatic heterocycles. The number of likely N-dealkylation sites (tertiary alicyclic amines) is 1. The topological polar surface area (TPSA) is 49.5 Å². The van der Waals surface area contributed by atoms with Crippen LogP contribution >= 0.6 is 0 Å². The van der Waals surface area contributed by atoms with E-state index in [2.05, 4.69) is 9.88 Å². The van der Waals surface area contributed by atoms with Gasteiger partial charge < -0.3 is 9.52 Å². The predicted octanol–water partition coefficient (Wildman–Crippen LogP) is 2.93. The van der Waals surface area contributed by atoms with E-state index in [0.29, 0.717) is 30.2 Å². The van der Waals surface area contributed by atoms with E-state index in [9.17, 15) is 18.3 Å². The predicted molar refractivity (Wildman–Crippen MR) is 72.8 cm³/mol. The summed E-state index contributed by atoms with van der Waals surface area (Å²) in [5, 5.41) is 9.48. The molecule has 1 saturated heterocycles. The van der Waals surface area contributed by atoms with Crippen molar-refractivity contribution in [2.45, 2.75) is 25.2 Å². The number of benzene rings is 1. The molecule has 4 nitrogen and oxygen atoms in total. The van der Waals surface area contributed by atoms with E-state index >= 15 is 0 Å². The number of hydrogen-bond acceptors (Lipinski definition) is 4. The Kier molecular flexibility index (Phi) is 3.92. The van der Waals surface area contributed by atoms with Gasteiger partial charge in [-0.05, 0) is 30.7 Å². The van der Waals surface area contributed by atoms with Crippen molar-refractivity contribution in [3.63, 3.8) is 0 Å². The molecule has 0 aliphatic carbocycles. The van der Waals surface area contributed by atoms with Crippen LogP contribution in [0.4, 0.5) is 13.2 Å². The third-order valence-electron chi connectivity index (χ3n) is 3.64. The number of hydrogen-bond donors (Lipinski definition) is 1. The average molecular weight is 312 g/mol. The van der Waals surface area contributed by atoms with Crippen LogP contribution in [0.1, 0.15) is 17.7 Å². The van der Waals surface area contributed by atoms with E-state index in [-0.39, 0.29) is 6.10 Å². The zero-order valence-corrected chi connectivity index (χ0v) is 11.7. The van der Waals surface area contributed by atoms with Gasteiger partial charge in [0.2, 0.25) is 5.89 Å². The van der Waals surface area contributed by atoms with Crippen LogP contribution in [-0.4, -0.2) is 34.2 Å². The summed E-state index contributed by atoms with van der Waals surface area (Å²) < 4.78 is 42.9. The van der Waals surface area contributed by atoms with Gasteiger partial charge in [-0.25, -0.2) is 4.98 Å². The Labute approximate surface area is 125 Å². The zero-order valence-electron chi connectivity index (χ0n) is 11.7. The number of aromatic nitrogens is 1. The first-order chi connectivity index (χ1) is 10.4. The van der Waals surface area contributed by atoms with Gasteiger partial charge in [0.25, 0.3) is 0 Å². The second-order valence-corrected chi connectivity index (χ2v) is 5.40. The van der Waals surface area contributed by atoms with Gasteiger partial charge in [0, 0.05) is 25.2 Å². The van der Waals surface area contributed by atoms with Gasteiger partial charge in [-0.3, -0.25) is 4.90 Å². The molecule has 0 bridgehead atoms. The number of oxazole rings is 1. The van der Waals surface area contributed by atoms with Crippen LogP contribution in [0, 0.1) is 0 Å². The fraction of sp³-hybridized carbons (Fsp3) is 0.400. The lowest BCUT2D eigenvalue weighted by atomic mass is 10.1. The van der Waals surface area contributed by atoms with Gasteiger partial charge in [-0.15, -0.1) is 0 Å². The van der Waals surface area contributed by atoms with Gasteiger partial charge >= 0.3 is 6.18 Å². The minimum absolute atomic E-state index is 0.295. The molecule has 118 valence electrons. The van der Waals surface area contributed by atoms with E-state index in [1.54, 1.807) is 0 Å². The lowest BCUT2D eigenvalue weighted by Crippen LogP contribution is -2.21. The molecule has 2 aromatic rings. The van der Waals surface area contributed by atoms with Crippen LogP contribution < -0.4 is 0 Å². The lowest BCUT2D eigenvalue weighted by molar-refractivity contribution is -0.137. The van der Waals surface area contributed by atoms with E-state index < -0.39 is 11.7 Å². The molecule has 3 rings (SSSR count). The summed E-state index contributed by atoms with van der Waals surface area (Å²) >= 11 is 0. The summed E-state index contributed by atoms with van der Waals surface area (Å²) in [6.07, 6.45) is -2.42. The number of aliphatic hydroxyl groups excluding tert-OH is 1. The third-order valence-corrected chi connectivity index (χ3v) is 3.64. The first-order valence-corrected chi connectivity index (χ1v) is 6.94. The van der Waals surface area contributed by atoms with E-state index in [1.807, 2.05) is 0 Å². The van der Waals surface area contributed by atoms with Gasteiger partial charge in [-0.1, -0.05) is 0 Å². The SMILES string of the molecule is O[C@H]1CCN(Cc2coc(-c3ccc(C(F)(F)F)cc3)n2)C1. The monoisotopic (exact) mass is 312 g/mol. The lowest BCUT2D eigenvalue weighted by Gasteiger charge is -2.11. The van der Waals surface area contributed by atoms with Crippen molar-refractivity contribution in [2.75, 3.05) is 13.1 Å². The maximum absolute atomic E-state index is 12.5. The quantitative estimate of drug-likeness (QED) is 0.947. The van der Waals surface area contributed by atoms with Crippen molar-refractivity contribution in [2.24, 2.45) is 0 Å². The Morgan fingerprint density at radius 2 is 2.00 bits per heavy atom. The standard InChI is InChI=1S/C15H15F3N2O2/c16-15(17,18)11-3-1-10(2-4-11)14-19-12(9-22-14)7-20-6-5-13(21)8-20/h1-4,9,13,21H,5-8H2/t13-/m0/s1. The van der Waals surface area contributed by atoms with Crippen molar-refractivity contribution in [1.29, 1.82) is 0 Å². The van der Waals surface area contributed by atoms with Crippen LogP contribution in [0.5, 0.6) is 0 Å². The molecular weight excluding hydrogens is 297 g/mol. The van der Waals surface area contributed by atoms with Gasteiger partial charge in [-0.2, -0.15) is 13.2 Å². The number of β-amino-alcohol motifs (C(OH)–C–C–N with tert-alkyl or cyclic N) is 1. The third kappa shape index (κ3) is 3.31. The summed E-state index contributed by atoms with van der Waals surface area (Å²) in [5.74, 6) is 0.295. The largest absolute Gasteiger partial charge is 0.444 e. The molecule has 0 unspecified atom stereocenters. The van der Waals surface area contributed by atoms with Crippen LogP contribution in [0.25, 0.3) is 11.5 Å². The zero-order chi connectivity index (χ0) is 15.7. The Morgan fingerprint density at radius 1 is 1.27 bits per heavy atom. The highest BCUT2D eigenvalue weighted by molar-refractivity contribution is 5.53. The van der Waals surface area contributed by atoms with Crippen molar-refractivity contribution in [1.82, 2.24) is 9.88 Å². The molecule has 0 saturated carbocycles. The normalized spacial score (nSPS) is 19.7. The molecular formula is C15H15F3N2O2. The summed E-state index contributed by atoms with van der Waals surface area (Å²) in [6.45, 7) is 1.95. The minimum Gasteiger partial charge on any atom is -0.444 e. The average Bonchev–Trinajstić information content (AvgIpc) is 3.08. The summed E-state index contributed by atoms with van der Waals surface area (Å²) in [4.78, 5) is 6.34. The highest BCUT2D eigenvalue weighted by Gasteiger charge is 2.30. The Morgan fingerprint density at radius 3 is 2.59 bits per heavy atom. The molecule has 0 radical (unpaired) electrons. The fourth-order valence-corrected chi connectivity index (χ4v) is 2.50.